The number of amides is 4. The fourth-order valence-corrected chi connectivity index (χ4v) is 3.63. The van der Waals surface area contributed by atoms with Gasteiger partial charge in [0.2, 0.25) is 11.8 Å². The van der Waals surface area contributed by atoms with E-state index in [4.69, 9.17) is 11.6 Å². The molecule has 0 unspecified atom stereocenters. The third-order valence-corrected chi connectivity index (χ3v) is 5.44. The van der Waals surface area contributed by atoms with E-state index in [-0.39, 0.29) is 30.9 Å². The molecule has 1 fully saturated rings. The first-order valence-corrected chi connectivity index (χ1v) is 10.4. The summed E-state index contributed by atoms with van der Waals surface area (Å²) in [6, 6.07) is 6.43. The largest absolute Gasteiger partial charge is 0.354 e. The third-order valence-electron chi connectivity index (χ3n) is 5.19. The van der Waals surface area contributed by atoms with Crippen LogP contribution in [0, 0.1) is 0 Å². The molecule has 0 atom stereocenters. The van der Waals surface area contributed by atoms with Gasteiger partial charge in [0.1, 0.15) is 6.54 Å². The average molecular weight is 419 g/mol. The molecule has 0 radical (unpaired) electrons. The first-order valence-electron chi connectivity index (χ1n) is 10.0. The van der Waals surface area contributed by atoms with Gasteiger partial charge >= 0.3 is 6.03 Å². The number of rotatable bonds is 6. The van der Waals surface area contributed by atoms with Crippen molar-refractivity contribution in [3.63, 3.8) is 0 Å². The van der Waals surface area contributed by atoms with E-state index in [2.05, 4.69) is 16.7 Å². The second-order valence-corrected chi connectivity index (χ2v) is 7.82. The summed E-state index contributed by atoms with van der Waals surface area (Å²) >= 11 is 5.84. The molecule has 7 nitrogen and oxygen atoms in total. The third kappa shape index (κ3) is 6.49. The van der Waals surface area contributed by atoms with E-state index in [0.29, 0.717) is 30.3 Å². The molecule has 8 heteroatoms. The van der Waals surface area contributed by atoms with Gasteiger partial charge in [-0.1, -0.05) is 23.3 Å². The van der Waals surface area contributed by atoms with Crippen molar-refractivity contribution in [2.75, 3.05) is 38.0 Å². The van der Waals surface area contributed by atoms with Crippen LogP contribution < -0.4 is 10.6 Å². The SMILES string of the molecule is O=C(CN1CCN(C(=O)Nc2ccc(Cl)cc2)CC1=O)NCCC1=CCCCC1. The molecule has 1 heterocycles. The van der Waals surface area contributed by atoms with E-state index in [9.17, 15) is 14.4 Å². The lowest BCUT2D eigenvalue weighted by Gasteiger charge is -2.33. The summed E-state index contributed by atoms with van der Waals surface area (Å²) < 4.78 is 0. The van der Waals surface area contributed by atoms with Crippen molar-refractivity contribution in [1.82, 2.24) is 15.1 Å². The zero-order valence-corrected chi connectivity index (χ0v) is 17.2. The normalized spacial score (nSPS) is 17.0. The Morgan fingerprint density at radius 2 is 1.90 bits per heavy atom. The Kier molecular flexibility index (Phi) is 7.52. The van der Waals surface area contributed by atoms with Crippen molar-refractivity contribution in [3.05, 3.63) is 40.9 Å². The van der Waals surface area contributed by atoms with Crippen LogP contribution in [0.2, 0.25) is 5.02 Å². The molecule has 2 N–H and O–H groups in total. The van der Waals surface area contributed by atoms with Crippen LogP contribution in [0.4, 0.5) is 10.5 Å². The van der Waals surface area contributed by atoms with Crippen molar-refractivity contribution >= 4 is 35.1 Å². The van der Waals surface area contributed by atoms with E-state index in [1.54, 1.807) is 24.3 Å². The van der Waals surface area contributed by atoms with Crippen LogP contribution in [0.3, 0.4) is 0 Å². The minimum absolute atomic E-state index is 0.0323. The minimum Gasteiger partial charge on any atom is -0.354 e. The summed E-state index contributed by atoms with van der Waals surface area (Å²) in [5.74, 6) is -0.388. The number of nitrogens with zero attached hydrogens (tertiary/aromatic N) is 2. The molecule has 1 aromatic rings. The number of allylic oxidation sites excluding steroid dienone is 1. The number of hydrogen-bond acceptors (Lipinski definition) is 3. The first kappa shape index (κ1) is 21.2. The molecule has 29 heavy (non-hydrogen) atoms. The second-order valence-electron chi connectivity index (χ2n) is 7.38. The smallest absolute Gasteiger partial charge is 0.322 e. The Bertz CT molecular complexity index is 779. The fourth-order valence-electron chi connectivity index (χ4n) is 3.51. The highest BCUT2D eigenvalue weighted by atomic mass is 35.5. The molecular formula is C21H27ClN4O3. The Morgan fingerprint density at radius 3 is 2.59 bits per heavy atom. The average Bonchev–Trinajstić information content (AvgIpc) is 2.72. The maximum atomic E-state index is 12.4. The monoisotopic (exact) mass is 418 g/mol. The predicted molar refractivity (Wildman–Crippen MR) is 113 cm³/mol. The molecule has 1 aliphatic heterocycles. The number of urea groups is 1. The summed E-state index contributed by atoms with van der Waals surface area (Å²) in [4.78, 5) is 39.8. The van der Waals surface area contributed by atoms with Gasteiger partial charge in [0.05, 0.1) is 6.54 Å². The highest BCUT2D eigenvalue weighted by Crippen LogP contribution is 2.19. The summed E-state index contributed by atoms with van der Waals surface area (Å²) in [5.41, 5.74) is 2.02. The van der Waals surface area contributed by atoms with Gasteiger partial charge in [0, 0.05) is 30.3 Å². The summed E-state index contributed by atoms with van der Waals surface area (Å²) in [7, 11) is 0. The standard InChI is InChI=1S/C21H27ClN4O3/c22-17-6-8-18(9-7-17)24-21(29)26-13-12-25(20(28)15-26)14-19(27)23-11-10-16-4-2-1-3-5-16/h4,6-9H,1-3,5,10-15H2,(H,23,27)(H,24,29). The van der Waals surface area contributed by atoms with E-state index in [1.807, 2.05) is 0 Å². The van der Waals surface area contributed by atoms with Crippen LogP contribution in [0.25, 0.3) is 0 Å². The number of halogens is 1. The van der Waals surface area contributed by atoms with Gasteiger partial charge in [-0.15, -0.1) is 0 Å². The van der Waals surface area contributed by atoms with E-state index < -0.39 is 0 Å². The number of carbonyl (C=O) groups excluding carboxylic acids is 3. The molecule has 156 valence electrons. The number of nitrogens with one attached hydrogen (secondary N) is 2. The highest BCUT2D eigenvalue weighted by molar-refractivity contribution is 6.30. The van der Waals surface area contributed by atoms with Crippen molar-refractivity contribution < 1.29 is 14.4 Å². The number of benzene rings is 1. The molecule has 0 spiro atoms. The molecule has 1 aliphatic carbocycles. The Morgan fingerprint density at radius 1 is 1.10 bits per heavy atom. The van der Waals surface area contributed by atoms with E-state index in [1.165, 1.54) is 28.2 Å². The predicted octanol–water partition coefficient (Wildman–Crippen LogP) is 3.02. The first-order chi connectivity index (χ1) is 14.0. The number of hydrogen-bond donors (Lipinski definition) is 2. The minimum atomic E-state index is -0.342. The van der Waals surface area contributed by atoms with Crippen LogP contribution >= 0.6 is 11.6 Å². The lowest BCUT2D eigenvalue weighted by Crippen LogP contribution is -2.55. The van der Waals surface area contributed by atoms with Gasteiger partial charge in [0.15, 0.2) is 0 Å². The van der Waals surface area contributed by atoms with Crippen LogP contribution in [-0.4, -0.2) is 60.4 Å². The van der Waals surface area contributed by atoms with E-state index in [0.717, 1.165) is 19.3 Å². The van der Waals surface area contributed by atoms with Crippen LogP contribution in [0.1, 0.15) is 32.1 Å². The second kappa shape index (κ2) is 10.3. The molecule has 2 aliphatic rings. The maximum Gasteiger partial charge on any atom is 0.322 e. The Hall–Kier alpha value is -2.54. The highest BCUT2D eigenvalue weighted by Gasteiger charge is 2.28. The molecular weight excluding hydrogens is 392 g/mol. The van der Waals surface area contributed by atoms with Gasteiger partial charge in [-0.05, 0) is 56.4 Å². The molecule has 1 saturated heterocycles. The summed E-state index contributed by atoms with van der Waals surface area (Å²) in [5, 5.41) is 6.22. The van der Waals surface area contributed by atoms with Crippen molar-refractivity contribution in [2.45, 2.75) is 32.1 Å². The zero-order chi connectivity index (χ0) is 20.6. The van der Waals surface area contributed by atoms with Gasteiger partial charge in [-0.25, -0.2) is 4.79 Å². The quantitative estimate of drug-likeness (QED) is 0.696. The number of carbonyl (C=O) groups is 3. The zero-order valence-electron chi connectivity index (χ0n) is 16.5. The lowest BCUT2D eigenvalue weighted by molar-refractivity contribution is -0.139. The van der Waals surface area contributed by atoms with Gasteiger partial charge in [-0.3, -0.25) is 9.59 Å². The Labute approximate surface area is 176 Å². The van der Waals surface area contributed by atoms with Crippen molar-refractivity contribution in [3.8, 4) is 0 Å². The maximum absolute atomic E-state index is 12.4. The van der Waals surface area contributed by atoms with Gasteiger partial charge < -0.3 is 20.4 Å². The lowest BCUT2D eigenvalue weighted by atomic mass is 9.97. The van der Waals surface area contributed by atoms with Gasteiger partial charge in [0.25, 0.3) is 0 Å². The van der Waals surface area contributed by atoms with E-state index >= 15 is 0 Å². The van der Waals surface area contributed by atoms with Crippen molar-refractivity contribution in [1.29, 1.82) is 0 Å². The molecule has 0 saturated carbocycles. The number of anilines is 1. The van der Waals surface area contributed by atoms with Crippen LogP contribution in [0.5, 0.6) is 0 Å². The van der Waals surface area contributed by atoms with Crippen LogP contribution in [0.15, 0.2) is 35.9 Å². The van der Waals surface area contributed by atoms with Gasteiger partial charge in [-0.2, -0.15) is 0 Å². The summed E-state index contributed by atoms with van der Waals surface area (Å²) in [6.07, 6.45) is 7.87. The van der Waals surface area contributed by atoms with Crippen molar-refractivity contribution in [2.24, 2.45) is 0 Å². The Balaban J connectivity index is 1.39. The molecule has 4 amide bonds. The molecule has 1 aromatic carbocycles. The molecule has 0 aromatic heterocycles. The fraction of sp³-hybridized carbons (Fsp3) is 0.476. The van der Waals surface area contributed by atoms with Crippen LogP contribution in [-0.2, 0) is 9.59 Å². The number of piperazine rings is 1. The molecule has 3 rings (SSSR count). The summed E-state index contributed by atoms with van der Waals surface area (Å²) in [6.45, 7) is 1.31. The molecule has 0 bridgehead atoms. The topological polar surface area (TPSA) is 81.8 Å².